The van der Waals surface area contributed by atoms with Crippen LogP contribution in [0.3, 0.4) is 0 Å². The number of hydrogen-bond acceptors (Lipinski definition) is 2. The highest BCUT2D eigenvalue weighted by molar-refractivity contribution is 5.80. The highest BCUT2D eigenvalue weighted by Gasteiger charge is 2.32. The van der Waals surface area contributed by atoms with Gasteiger partial charge >= 0.3 is 6.09 Å². The number of hydrogen-bond donors (Lipinski definition) is 1. The Morgan fingerprint density at radius 2 is 1.46 bits per heavy atom. The molecule has 26 heavy (non-hydrogen) atoms. The zero-order valence-electron chi connectivity index (χ0n) is 16.6. The standard InChI is InChI=1S/C23H29NO2/c1-22(2,3)14-8-10-17-18(11-14)16-9-7-15(23(4,5)6)12-19(16)20(17)13-26-21(24)25/h7-12,20H,13H2,1-6H3,(H2,24,25). The molecule has 0 aliphatic heterocycles. The molecule has 1 aliphatic carbocycles. The lowest BCUT2D eigenvalue weighted by Crippen LogP contribution is -2.18. The molecule has 2 aromatic rings. The van der Waals surface area contributed by atoms with E-state index < -0.39 is 6.09 Å². The molecule has 0 heterocycles. The van der Waals surface area contributed by atoms with Crippen LogP contribution in [-0.4, -0.2) is 12.7 Å². The van der Waals surface area contributed by atoms with Crippen molar-refractivity contribution in [3.63, 3.8) is 0 Å². The lowest BCUT2D eigenvalue weighted by Gasteiger charge is -2.21. The minimum absolute atomic E-state index is 0.0313. The molecule has 3 heteroatoms. The van der Waals surface area contributed by atoms with E-state index in [0.29, 0.717) is 0 Å². The van der Waals surface area contributed by atoms with Crippen LogP contribution in [0.1, 0.15) is 69.7 Å². The number of rotatable bonds is 2. The molecule has 2 N–H and O–H groups in total. The fraction of sp³-hybridized carbons (Fsp3) is 0.435. The molecule has 0 radical (unpaired) electrons. The van der Waals surface area contributed by atoms with Crippen molar-refractivity contribution in [2.75, 3.05) is 6.61 Å². The largest absolute Gasteiger partial charge is 0.449 e. The van der Waals surface area contributed by atoms with Gasteiger partial charge in [0.05, 0.1) is 0 Å². The molecule has 0 fully saturated rings. The minimum Gasteiger partial charge on any atom is -0.449 e. The van der Waals surface area contributed by atoms with E-state index in [9.17, 15) is 4.79 Å². The topological polar surface area (TPSA) is 52.3 Å². The van der Waals surface area contributed by atoms with Gasteiger partial charge in [0, 0.05) is 5.92 Å². The third-order valence-electron chi connectivity index (χ3n) is 5.27. The number of amides is 1. The first-order chi connectivity index (χ1) is 12.0. The lowest BCUT2D eigenvalue weighted by molar-refractivity contribution is 0.153. The monoisotopic (exact) mass is 351 g/mol. The molecule has 1 amide bonds. The quantitative estimate of drug-likeness (QED) is 0.778. The number of primary amides is 1. The van der Waals surface area contributed by atoms with Crippen LogP contribution in [0.15, 0.2) is 36.4 Å². The van der Waals surface area contributed by atoms with Gasteiger partial charge in [-0.2, -0.15) is 0 Å². The Balaban J connectivity index is 2.15. The smallest absolute Gasteiger partial charge is 0.404 e. The molecule has 1 aliphatic rings. The van der Waals surface area contributed by atoms with Crippen molar-refractivity contribution in [3.8, 4) is 11.1 Å². The van der Waals surface area contributed by atoms with Crippen molar-refractivity contribution in [3.05, 3.63) is 58.7 Å². The number of benzene rings is 2. The Morgan fingerprint density at radius 1 is 0.885 bits per heavy atom. The second kappa shape index (κ2) is 6.15. The van der Waals surface area contributed by atoms with Crippen LogP contribution in [0.25, 0.3) is 11.1 Å². The van der Waals surface area contributed by atoms with Gasteiger partial charge in [-0.25, -0.2) is 4.79 Å². The zero-order valence-corrected chi connectivity index (χ0v) is 16.6. The Morgan fingerprint density at radius 3 is 2.04 bits per heavy atom. The average Bonchev–Trinajstić information content (AvgIpc) is 2.83. The fourth-order valence-corrected chi connectivity index (χ4v) is 3.64. The molecular weight excluding hydrogens is 322 g/mol. The van der Waals surface area contributed by atoms with Crippen molar-refractivity contribution in [1.82, 2.24) is 0 Å². The summed E-state index contributed by atoms with van der Waals surface area (Å²) >= 11 is 0. The maximum atomic E-state index is 11.2. The van der Waals surface area contributed by atoms with Crippen molar-refractivity contribution >= 4 is 6.09 Å². The summed E-state index contributed by atoms with van der Waals surface area (Å²) in [7, 11) is 0. The summed E-state index contributed by atoms with van der Waals surface area (Å²) in [6.07, 6.45) is -0.724. The third-order valence-corrected chi connectivity index (χ3v) is 5.27. The molecule has 138 valence electrons. The highest BCUT2D eigenvalue weighted by Crippen LogP contribution is 2.47. The van der Waals surface area contributed by atoms with Crippen LogP contribution in [-0.2, 0) is 15.6 Å². The summed E-state index contributed by atoms with van der Waals surface area (Å²) in [5.74, 6) is 0.0313. The Bertz CT molecular complexity index is 853. The van der Waals surface area contributed by atoms with Crippen LogP contribution in [0.4, 0.5) is 4.79 Å². The summed E-state index contributed by atoms with van der Waals surface area (Å²) in [6.45, 7) is 13.6. The van der Waals surface area contributed by atoms with Crippen molar-refractivity contribution in [2.45, 2.75) is 58.3 Å². The molecule has 3 rings (SSSR count). The van der Waals surface area contributed by atoms with E-state index >= 15 is 0 Å². The zero-order chi connectivity index (χ0) is 19.3. The molecule has 1 unspecified atom stereocenters. The first kappa shape index (κ1) is 18.5. The number of nitrogens with two attached hydrogens (primary N) is 1. The number of carbonyl (C=O) groups excluding carboxylic acids is 1. The number of carbonyl (C=O) groups is 1. The van der Waals surface area contributed by atoms with E-state index in [4.69, 9.17) is 10.5 Å². The van der Waals surface area contributed by atoms with E-state index in [0.717, 1.165) is 0 Å². The fourth-order valence-electron chi connectivity index (χ4n) is 3.64. The molecule has 1 atom stereocenters. The second-order valence-corrected chi connectivity index (χ2v) is 9.29. The molecule has 0 saturated heterocycles. The second-order valence-electron chi connectivity index (χ2n) is 9.29. The van der Waals surface area contributed by atoms with Crippen LogP contribution < -0.4 is 5.73 Å². The van der Waals surface area contributed by atoms with Gasteiger partial charge in [0.15, 0.2) is 0 Å². The first-order valence-electron chi connectivity index (χ1n) is 9.20. The molecule has 2 aromatic carbocycles. The number of fused-ring (bicyclic) bond motifs is 3. The minimum atomic E-state index is -0.724. The summed E-state index contributed by atoms with van der Waals surface area (Å²) in [5, 5.41) is 0. The summed E-state index contributed by atoms with van der Waals surface area (Å²) < 4.78 is 5.20. The highest BCUT2D eigenvalue weighted by atomic mass is 16.5. The summed E-state index contributed by atoms with van der Waals surface area (Å²) in [5.41, 5.74) is 12.9. The van der Waals surface area contributed by atoms with Crippen LogP contribution in [0.5, 0.6) is 0 Å². The van der Waals surface area contributed by atoms with Crippen molar-refractivity contribution in [1.29, 1.82) is 0 Å². The molecule has 0 aromatic heterocycles. The van der Waals surface area contributed by atoms with E-state index in [1.807, 2.05) is 0 Å². The van der Waals surface area contributed by atoms with Gasteiger partial charge in [-0.1, -0.05) is 77.9 Å². The first-order valence-corrected chi connectivity index (χ1v) is 9.20. The van der Waals surface area contributed by atoms with Gasteiger partial charge in [0.1, 0.15) is 6.61 Å². The molecule has 0 spiro atoms. The van der Waals surface area contributed by atoms with E-state index in [1.165, 1.54) is 33.4 Å². The maximum Gasteiger partial charge on any atom is 0.404 e. The van der Waals surface area contributed by atoms with Crippen molar-refractivity contribution < 1.29 is 9.53 Å². The van der Waals surface area contributed by atoms with Gasteiger partial charge in [-0.05, 0) is 44.2 Å². The maximum absolute atomic E-state index is 11.2. The lowest BCUT2D eigenvalue weighted by atomic mass is 9.84. The van der Waals surface area contributed by atoms with Gasteiger partial charge in [-0.3, -0.25) is 0 Å². The Hall–Kier alpha value is -2.29. The number of ether oxygens (including phenoxy) is 1. The van der Waals surface area contributed by atoms with Crippen LogP contribution in [0.2, 0.25) is 0 Å². The Kier molecular flexibility index (Phi) is 4.38. The van der Waals surface area contributed by atoms with Gasteiger partial charge in [0.25, 0.3) is 0 Å². The average molecular weight is 351 g/mol. The molecule has 3 nitrogen and oxygen atoms in total. The van der Waals surface area contributed by atoms with Crippen molar-refractivity contribution in [2.24, 2.45) is 5.73 Å². The van der Waals surface area contributed by atoms with E-state index in [2.05, 4.69) is 77.9 Å². The molecule has 0 bridgehead atoms. The van der Waals surface area contributed by atoms with E-state index in [-0.39, 0.29) is 23.4 Å². The van der Waals surface area contributed by atoms with Crippen LogP contribution in [0, 0.1) is 0 Å². The summed E-state index contributed by atoms with van der Waals surface area (Å²) in [4.78, 5) is 11.2. The van der Waals surface area contributed by atoms with Gasteiger partial charge in [0.2, 0.25) is 0 Å². The Labute approximate surface area is 156 Å². The normalized spacial score (nSPS) is 16.2. The molecule has 0 saturated carbocycles. The predicted octanol–water partition coefficient (Wildman–Crippen LogP) is 5.49. The SMILES string of the molecule is CC(C)(C)c1ccc2c(c1)-c1ccc(C(C)(C)C)cc1C2COC(N)=O. The molecular formula is C23H29NO2. The van der Waals surface area contributed by atoms with E-state index in [1.54, 1.807) is 0 Å². The van der Waals surface area contributed by atoms with Gasteiger partial charge < -0.3 is 10.5 Å². The summed E-state index contributed by atoms with van der Waals surface area (Å²) in [6, 6.07) is 13.3. The predicted molar refractivity (Wildman–Crippen MR) is 107 cm³/mol. The van der Waals surface area contributed by atoms with Gasteiger partial charge in [-0.15, -0.1) is 0 Å². The third kappa shape index (κ3) is 3.35. The van der Waals surface area contributed by atoms with Crippen LogP contribution >= 0.6 is 0 Å².